The van der Waals surface area contributed by atoms with Crippen molar-refractivity contribution in [2.24, 2.45) is 0 Å². The van der Waals surface area contributed by atoms with Gasteiger partial charge in [-0.3, -0.25) is 0 Å². The normalized spacial score (nSPS) is 10.4. The Labute approximate surface area is 106 Å². The molecule has 0 aliphatic carbocycles. The molecule has 2 aromatic rings. The molecule has 1 aromatic carbocycles. The zero-order valence-corrected chi connectivity index (χ0v) is 10.8. The number of anilines is 1. The lowest BCUT2D eigenvalue weighted by atomic mass is 10.1. The van der Waals surface area contributed by atoms with Crippen molar-refractivity contribution in [2.45, 2.75) is 20.3 Å². The van der Waals surface area contributed by atoms with Gasteiger partial charge in [0.1, 0.15) is 17.5 Å². The number of rotatable bonds is 3. The van der Waals surface area contributed by atoms with Gasteiger partial charge in [0.25, 0.3) is 0 Å². The van der Waals surface area contributed by atoms with Crippen molar-refractivity contribution in [1.29, 1.82) is 0 Å². The molecule has 0 bridgehead atoms. The highest BCUT2D eigenvalue weighted by Gasteiger charge is 2.07. The number of aryl methyl sites for hydroxylation is 2. The molecule has 1 heterocycles. The van der Waals surface area contributed by atoms with Gasteiger partial charge in [0.2, 0.25) is 0 Å². The Balaban J connectivity index is 2.55. The van der Waals surface area contributed by atoms with Crippen molar-refractivity contribution in [3.05, 3.63) is 41.5 Å². The fraction of sp³-hybridized carbons (Fsp3) is 0.286. The van der Waals surface area contributed by atoms with Crippen LogP contribution in [0, 0.1) is 12.7 Å². The topological polar surface area (TPSA) is 37.8 Å². The lowest BCUT2D eigenvalue weighted by Gasteiger charge is -2.08. The average molecular weight is 245 g/mol. The Hall–Kier alpha value is -1.97. The van der Waals surface area contributed by atoms with Crippen LogP contribution in [0.4, 0.5) is 10.2 Å². The first-order valence-electron chi connectivity index (χ1n) is 5.95. The summed E-state index contributed by atoms with van der Waals surface area (Å²) < 4.78 is 13.4. The fourth-order valence-corrected chi connectivity index (χ4v) is 1.82. The first kappa shape index (κ1) is 12.5. The van der Waals surface area contributed by atoms with Gasteiger partial charge < -0.3 is 5.32 Å². The van der Waals surface area contributed by atoms with E-state index in [1.165, 1.54) is 12.1 Å². The van der Waals surface area contributed by atoms with Crippen molar-refractivity contribution < 1.29 is 4.39 Å². The van der Waals surface area contributed by atoms with E-state index < -0.39 is 0 Å². The molecule has 0 amide bonds. The molecule has 0 aliphatic rings. The fourth-order valence-electron chi connectivity index (χ4n) is 1.82. The SMILES string of the molecule is CCc1nc(NC)cc(-c2cc(C)cc(F)c2)n1. The van der Waals surface area contributed by atoms with Gasteiger partial charge in [-0.25, -0.2) is 14.4 Å². The summed E-state index contributed by atoms with van der Waals surface area (Å²) in [6.45, 7) is 3.86. The van der Waals surface area contributed by atoms with Crippen molar-refractivity contribution in [3.8, 4) is 11.3 Å². The third-order valence-electron chi connectivity index (χ3n) is 2.68. The summed E-state index contributed by atoms with van der Waals surface area (Å²) in [4.78, 5) is 8.76. The van der Waals surface area contributed by atoms with Crippen LogP contribution in [0.1, 0.15) is 18.3 Å². The van der Waals surface area contributed by atoms with E-state index >= 15 is 0 Å². The van der Waals surface area contributed by atoms with Gasteiger partial charge in [-0.2, -0.15) is 0 Å². The van der Waals surface area contributed by atoms with Gasteiger partial charge in [0.05, 0.1) is 5.69 Å². The van der Waals surface area contributed by atoms with Crippen molar-refractivity contribution in [3.63, 3.8) is 0 Å². The predicted molar refractivity (Wildman–Crippen MR) is 71.1 cm³/mol. The Morgan fingerprint density at radius 1 is 1.17 bits per heavy atom. The minimum atomic E-state index is -0.243. The van der Waals surface area contributed by atoms with Crippen LogP contribution >= 0.6 is 0 Å². The van der Waals surface area contributed by atoms with Gasteiger partial charge in [-0.15, -0.1) is 0 Å². The Morgan fingerprint density at radius 3 is 2.56 bits per heavy atom. The number of hydrogen-bond donors (Lipinski definition) is 1. The smallest absolute Gasteiger partial charge is 0.131 e. The average Bonchev–Trinajstić information content (AvgIpc) is 2.37. The molecule has 0 unspecified atom stereocenters. The summed E-state index contributed by atoms with van der Waals surface area (Å²) in [6.07, 6.45) is 0.747. The second kappa shape index (κ2) is 5.12. The molecule has 0 fully saturated rings. The molecule has 0 saturated carbocycles. The number of hydrogen-bond acceptors (Lipinski definition) is 3. The summed E-state index contributed by atoms with van der Waals surface area (Å²) in [7, 11) is 1.81. The van der Waals surface area contributed by atoms with Gasteiger partial charge >= 0.3 is 0 Å². The summed E-state index contributed by atoms with van der Waals surface area (Å²) in [6, 6.07) is 6.75. The lowest BCUT2D eigenvalue weighted by molar-refractivity contribution is 0.627. The van der Waals surface area contributed by atoms with E-state index in [1.807, 2.05) is 33.0 Å². The highest BCUT2D eigenvalue weighted by molar-refractivity contribution is 5.63. The van der Waals surface area contributed by atoms with Crippen molar-refractivity contribution in [1.82, 2.24) is 9.97 Å². The van der Waals surface area contributed by atoms with Crippen molar-refractivity contribution >= 4 is 5.82 Å². The molecule has 0 saturated heterocycles. The van der Waals surface area contributed by atoms with Crippen LogP contribution in [0.15, 0.2) is 24.3 Å². The van der Waals surface area contributed by atoms with Crippen LogP contribution in [-0.2, 0) is 6.42 Å². The van der Waals surface area contributed by atoms with Gasteiger partial charge in [0, 0.05) is 25.1 Å². The van der Waals surface area contributed by atoms with Crippen LogP contribution in [0.3, 0.4) is 0 Å². The van der Waals surface area contributed by atoms with Crippen LogP contribution in [-0.4, -0.2) is 17.0 Å². The molecule has 2 rings (SSSR count). The van der Waals surface area contributed by atoms with E-state index in [1.54, 1.807) is 0 Å². The molecule has 0 radical (unpaired) electrons. The van der Waals surface area contributed by atoms with E-state index in [0.717, 1.165) is 34.9 Å². The second-order valence-electron chi connectivity index (χ2n) is 4.18. The number of aromatic nitrogens is 2. The maximum absolute atomic E-state index is 13.4. The molecule has 3 nitrogen and oxygen atoms in total. The van der Waals surface area contributed by atoms with Gasteiger partial charge in [0.15, 0.2) is 0 Å². The van der Waals surface area contributed by atoms with Crippen molar-refractivity contribution in [2.75, 3.05) is 12.4 Å². The molecule has 1 N–H and O–H groups in total. The van der Waals surface area contributed by atoms with Crippen LogP contribution in [0.2, 0.25) is 0 Å². The highest BCUT2D eigenvalue weighted by Crippen LogP contribution is 2.22. The molecular formula is C14H16FN3. The molecule has 0 atom stereocenters. The van der Waals surface area contributed by atoms with Gasteiger partial charge in [-0.05, 0) is 30.7 Å². The molecule has 0 spiro atoms. The summed E-state index contributed by atoms with van der Waals surface area (Å²) in [5, 5.41) is 3.00. The van der Waals surface area contributed by atoms with Crippen LogP contribution in [0.5, 0.6) is 0 Å². The summed E-state index contributed by atoms with van der Waals surface area (Å²) >= 11 is 0. The Bertz CT molecular complexity index is 524. The Morgan fingerprint density at radius 2 is 1.94 bits per heavy atom. The Kier molecular flexibility index (Phi) is 3.55. The standard InChI is InChI=1S/C14H16FN3/c1-4-13-17-12(8-14(16-3)18-13)10-5-9(2)6-11(15)7-10/h5-8H,4H2,1-3H3,(H,16,17,18). The first-order valence-corrected chi connectivity index (χ1v) is 5.95. The van der Waals surface area contributed by atoms with E-state index in [9.17, 15) is 4.39 Å². The second-order valence-corrected chi connectivity index (χ2v) is 4.18. The minimum absolute atomic E-state index is 0.243. The van der Waals surface area contributed by atoms with E-state index in [-0.39, 0.29) is 5.82 Å². The van der Waals surface area contributed by atoms with Crippen LogP contribution in [0.25, 0.3) is 11.3 Å². The first-order chi connectivity index (χ1) is 8.62. The minimum Gasteiger partial charge on any atom is -0.373 e. The monoisotopic (exact) mass is 245 g/mol. The molecular weight excluding hydrogens is 229 g/mol. The predicted octanol–water partition coefficient (Wildman–Crippen LogP) is 3.20. The number of benzene rings is 1. The zero-order chi connectivity index (χ0) is 13.1. The highest BCUT2D eigenvalue weighted by atomic mass is 19.1. The van der Waals surface area contributed by atoms with Gasteiger partial charge in [-0.1, -0.05) is 6.92 Å². The third kappa shape index (κ3) is 2.64. The molecule has 1 aromatic heterocycles. The zero-order valence-electron chi connectivity index (χ0n) is 10.8. The van der Waals surface area contributed by atoms with E-state index in [2.05, 4.69) is 15.3 Å². The quantitative estimate of drug-likeness (QED) is 0.902. The third-order valence-corrected chi connectivity index (χ3v) is 2.68. The number of nitrogens with one attached hydrogen (secondary N) is 1. The number of halogens is 1. The molecule has 4 heteroatoms. The maximum atomic E-state index is 13.4. The summed E-state index contributed by atoms with van der Waals surface area (Å²) in [5.41, 5.74) is 2.41. The number of nitrogens with zero attached hydrogens (tertiary/aromatic N) is 2. The molecule has 18 heavy (non-hydrogen) atoms. The maximum Gasteiger partial charge on any atom is 0.131 e. The van der Waals surface area contributed by atoms with E-state index in [4.69, 9.17) is 0 Å². The van der Waals surface area contributed by atoms with Crippen LogP contribution < -0.4 is 5.32 Å². The molecule has 0 aliphatic heterocycles. The molecule has 94 valence electrons. The van der Waals surface area contributed by atoms with E-state index in [0.29, 0.717) is 0 Å². The summed E-state index contributed by atoms with van der Waals surface area (Å²) in [5.74, 6) is 1.25. The largest absolute Gasteiger partial charge is 0.373 e. The lowest BCUT2D eigenvalue weighted by Crippen LogP contribution is -2.01.